The van der Waals surface area contributed by atoms with E-state index in [2.05, 4.69) is 15.5 Å². The Kier molecular flexibility index (Phi) is 5.44. The molecule has 0 unspecified atom stereocenters. The van der Waals surface area contributed by atoms with E-state index in [4.69, 9.17) is 0 Å². The number of rotatable bonds is 7. The number of nitrogens with zero attached hydrogens (tertiary/aromatic N) is 3. The fourth-order valence-electron chi connectivity index (χ4n) is 2.98. The quantitative estimate of drug-likeness (QED) is 0.463. The van der Waals surface area contributed by atoms with E-state index in [1.807, 2.05) is 4.57 Å². The number of benzene rings is 2. The molecule has 1 N–H and O–H groups in total. The average Bonchev–Trinajstić information content (AvgIpc) is 3.46. The first-order chi connectivity index (χ1) is 14.0. The number of thioether (sulfide) groups is 1. The predicted octanol–water partition coefficient (Wildman–Crippen LogP) is 4.35. The smallest absolute Gasteiger partial charge is 0.234 e. The van der Waals surface area contributed by atoms with E-state index in [9.17, 15) is 14.0 Å². The summed E-state index contributed by atoms with van der Waals surface area (Å²) in [6.07, 6.45) is 1.98. The molecule has 0 aliphatic heterocycles. The largest absolute Gasteiger partial charge is 0.325 e. The van der Waals surface area contributed by atoms with Gasteiger partial charge in [0.2, 0.25) is 5.91 Å². The number of Topliss-reactive ketones (excluding diaryl/α,β-unsaturated/α-hetero) is 1. The molecule has 1 amide bonds. The van der Waals surface area contributed by atoms with Crippen molar-refractivity contribution in [3.8, 4) is 11.4 Å². The van der Waals surface area contributed by atoms with Gasteiger partial charge in [-0.2, -0.15) is 0 Å². The third-order valence-electron chi connectivity index (χ3n) is 4.60. The topological polar surface area (TPSA) is 76.9 Å². The first kappa shape index (κ1) is 19.3. The summed E-state index contributed by atoms with van der Waals surface area (Å²) in [5.41, 5.74) is 1.63. The van der Waals surface area contributed by atoms with Gasteiger partial charge in [0.25, 0.3) is 0 Å². The Morgan fingerprint density at radius 1 is 1.14 bits per heavy atom. The Balaban J connectivity index is 1.45. The molecular weight excluding hydrogens is 391 g/mol. The van der Waals surface area contributed by atoms with Gasteiger partial charge in [-0.05, 0) is 56.2 Å². The van der Waals surface area contributed by atoms with Crippen LogP contribution in [-0.2, 0) is 4.79 Å². The molecule has 0 radical (unpaired) electrons. The standard InChI is InChI=1S/C21H19FN4O2S/c1-13(27)14-6-8-15(9-7-14)23-19(28)12-29-21-25-24-20(26(21)16-10-11-16)17-4-2-3-5-18(17)22/h2-9,16H,10-12H2,1H3,(H,23,28). The number of nitrogens with one attached hydrogen (secondary N) is 1. The van der Waals surface area contributed by atoms with Crippen molar-refractivity contribution in [3.63, 3.8) is 0 Å². The summed E-state index contributed by atoms with van der Waals surface area (Å²) < 4.78 is 16.1. The van der Waals surface area contributed by atoms with Gasteiger partial charge in [-0.3, -0.25) is 14.2 Å². The molecule has 0 spiro atoms. The number of hydrogen-bond acceptors (Lipinski definition) is 5. The molecule has 1 aromatic heterocycles. The molecule has 0 saturated heterocycles. The molecule has 6 nitrogen and oxygen atoms in total. The van der Waals surface area contributed by atoms with Gasteiger partial charge in [0.15, 0.2) is 16.8 Å². The molecule has 0 atom stereocenters. The molecule has 8 heteroatoms. The SMILES string of the molecule is CC(=O)c1ccc(NC(=O)CSc2nnc(-c3ccccc3F)n2C2CC2)cc1. The van der Waals surface area contributed by atoms with Crippen LogP contribution in [0.15, 0.2) is 53.7 Å². The maximum Gasteiger partial charge on any atom is 0.234 e. The molecule has 4 rings (SSSR count). The van der Waals surface area contributed by atoms with Crippen LogP contribution in [0.4, 0.5) is 10.1 Å². The van der Waals surface area contributed by atoms with Crippen LogP contribution in [0.2, 0.25) is 0 Å². The van der Waals surface area contributed by atoms with Gasteiger partial charge in [0.05, 0.1) is 11.3 Å². The van der Waals surface area contributed by atoms with Crippen LogP contribution in [0.1, 0.15) is 36.2 Å². The summed E-state index contributed by atoms with van der Waals surface area (Å²) in [6.45, 7) is 1.50. The van der Waals surface area contributed by atoms with Gasteiger partial charge < -0.3 is 5.32 Å². The van der Waals surface area contributed by atoms with E-state index >= 15 is 0 Å². The summed E-state index contributed by atoms with van der Waals surface area (Å²) >= 11 is 1.27. The lowest BCUT2D eigenvalue weighted by molar-refractivity contribution is -0.113. The second kappa shape index (κ2) is 8.16. The highest BCUT2D eigenvalue weighted by Crippen LogP contribution is 2.41. The number of ketones is 1. The van der Waals surface area contributed by atoms with Crippen LogP contribution in [0.25, 0.3) is 11.4 Å². The van der Waals surface area contributed by atoms with E-state index in [1.54, 1.807) is 42.5 Å². The molecule has 1 aliphatic rings. The van der Waals surface area contributed by atoms with Crippen molar-refractivity contribution in [2.24, 2.45) is 0 Å². The number of amides is 1. The first-order valence-corrected chi connectivity index (χ1v) is 10.2. The van der Waals surface area contributed by atoms with Crippen molar-refractivity contribution in [2.75, 3.05) is 11.1 Å². The zero-order chi connectivity index (χ0) is 20.4. The van der Waals surface area contributed by atoms with E-state index in [-0.39, 0.29) is 29.3 Å². The van der Waals surface area contributed by atoms with Crippen LogP contribution in [0.3, 0.4) is 0 Å². The highest BCUT2D eigenvalue weighted by atomic mass is 32.2. The summed E-state index contributed by atoms with van der Waals surface area (Å²) in [4.78, 5) is 23.6. The lowest BCUT2D eigenvalue weighted by atomic mass is 10.1. The lowest BCUT2D eigenvalue weighted by Crippen LogP contribution is -2.14. The first-order valence-electron chi connectivity index (χ1n) is 9.26. The number of anilines is 1. The third-order valence-corrected chi connectivity index (χ3v) is 5.54. The summed E-state index contributed by atoms with van der Waals surface area (Å²) in [7, 11) is 0. The Morgan fingerprint density at radius 2 is 1.86 bits per heavy atom. The minimum Gasteiger partial charge on any atom is -0.325 e. The van der Waals surface area contributed by atoms with Crippen LogP contribution in [0.5, 0.6) is 0 Å². The maximum absolute atomic E-state index is 14.2. The zero-order valence-corrected chi connectivity index (χ0v) is 16.6. The van der Waals surface area contributed by atoms with Crippen molar-refractivity contribution < 1.29 is 14.0 Å². The lowest BCUT2D eigenvalue weighted by Gasteiger charge is -2.09. The molecule has 2 aromatic carbocycles. The van der Waals surface area contributed by atoms with Gasteiger partial charge in [0.1, 0.15) is 5.82 Å². The van der Waals surface area contributed by atoms with Gasteiger partial charge in [-0.1, -0.05) is 23.9 Å². The molecule has 0 bridgehead atoms. The monoisotopic (exact) mass is 410 g/mol. The van der Waals surface area contributed by atoms with Crippen molar-refractivity contribution >= 4 is 29.1 Å². The van der Waals surface area contributed by atoms with E-state index in [0.717, 1.165) is 12.8 Å². The second-order valence-corrected chi connectivity index (χ2v) is 7.80. The molecule has 29 heavy (non-hydrogen) atoms. The van der Waals surface area contributed by atoms with Crippen molar-refractivity contribution in [2.45, 2.75) is 31.0 Å². The summed E-state index contributed by atoms with van der Waals surface area (Å²) in [5, 5.41) is 11.8. The minimum absolute atomic E-state index is 0.0245. The fourth-order valence-corrected chi connectivity index (χ4v) is 3.78. The Labute approximate surface area is 171 Å². The minimum atomic E-state index is -0.342. The molecule has 1 saturated carbocycles. The van der Waals surface area contributed by atoms with Gasteiger partial charge >= 0.3 is 0 Å². The van der Waals surface area contributed by atoms with Crippen LogP contribution >= 0.6 is 11.8 Å². The molecule has 3 aromatic rings. The number of halogens is 1. The number of aromatic nitrogens is 3. The fraction of sp³-hybridized carbons (Fsp3) is 0.238. The Hall–Kier alpha value is -3.00. The van der Waals surface area contributed by atoms with Crippen LogP contribution in [-0.4, -0.2) is 32.2 Å². The molecule has 1 heterocycles. The van der Waals surface area contributed by atoms with E-state index in [1.165, 1.54) is 24.8 Å². The highest BCUT2D eigenvalue weighted by Gasteiger charge is 2.31. The number of carbonyl (C=O) groups is 2. The summed E-state index contributed by atoms with van der Waals surface area (Å²) in [5.74, 6) is 0.0848. The highest BCUT2D eigenvalue weighted by molar-refractivity contribution is 7.99. The van der Waals surface area contributed by atoms with Crippen molar-refractivity contribution in [1.29, 1.82) is 0 Å². The zero-order valence-electron chi connectivity index (χ0n) is 15.8. The Morgan fingerprint density at radius 3 is 2.52 bits per heavy atom. The number of carbonyl (C=O) groups excluding carboxylic acids is 2. The summed E-state index contributed by atoms with van der Waals surface area (Å²) in [6, 6.07) is 13.5. The maximum atomic E-state index is 14.2. The van der Waals surface area contributed by atoms with Gasteiger partial charge in [-0.15, -0.1) is 10.2 Å². The van der Waals surface area contributed by atoms with Crippen molar-refractivity contribution in [3.05, 3.63) is 59.9 Å². The van der Waals surface area contributed by atoms with Gasteiger partial charge in [0, 0.05) is 17.3 Å². The molecule has 148 valence electrons. The van der Waals surface area contributed by atoms with E-state index in [0.29, 0.717) is 27.8 Å². The third kappa shape index (κ3) is 4.37. The average molecular weight is 410 g/mol. The molecule has 1 aliphatic carbocycles. The number of hydrogen-bond donors (Lipinski definition) is 1. The normalized spacial score (nSPS) is 13.3. The molecular formula is C21H19FN4O2S. The van der Waals surface area contributed by atoms with Crippen molar-refractivity contribution in [1.82, 2.24) is 14.8 Å². The van der Waals surface area contributed by atoms with Gasteiger partial charge in [-0.25, -0.2) is 4.39 Å². The van der Waals surface area contributed by atoms with Crippen LogP contribution < -0.4 is 5.32 Å². The Bertz CT molecular complexity index is 1060. The van der Waals surface area contributed by atoms with E-state index < -0.39 is 0 Å². The second-order valence-electron chi connectivity index (χ2n) is 6.86. The molecule has 1 fully saturated rings. The van der Waals surface area contributed by atoms with Crippen LogP contribution in [0, 0.1) is 5.82 Å². The predicted molar refractivity (Wildman–Crippen MR) is 109 cm³/mol.